The molecule has 7 nitrogen and oxygen atoms in total. The van der Waals surface area contributed by atoms with Crippen LogP contribution in [-0.4, -0.2) is 30.2 Å². The third kappa shape index (κ3) is 6.04. The Hall–Kier alpha value is -3.99. The maximum atomic E-state index is 14.6. The SMILES string of the molecule is COc1cccc(C(=O)Oc2c(Br)cc(Br)cc2C=NNC(=O)c2[nH]c3c(F)cccc3c2-c2ccccc2Cl)c1. The predicted molar refractivity (Wildman–Crippen MR) is 164 cm³/mol. The van der Waals surface area contributed by atoms with Crippen molar-refractivity contribution in [2.75, 3.05) is 7.11 Å². The van der Waals surface area contributed by atoms with Gasteiger partial charge in [0.1, 0.15) is 17.3 Å². The maximum absolute atomic E-state index is 14.6. The second-order valence-electron chi connectivity index (χ2n) is 8.64. The van der Waals surface area contributed by atoms with Crippen molar-refractivity contribution in [1.82, 2.24) is 10.4 Å². The second kappa shape index (κ2) is 12.3. The minimum absolute atomic E-state index is 0.0791. The summed E-state index contributed by atoms with van der Waals surface area (Å²) in [6, 6.07) is 21.5. The van der Waals surface area contributed by atoms with Crippen LogP contribution < -0.4 is 14.9 Å². The average molecular weight is 700 g/mol. The van der Waals surface area contributed by atoms with Crippen molar-refractivity contribution >= 4 is 72.5 Å². The van der Waals surface area contributed by atoms with Gasteiger partial charge in [0.2, 0.25) is 0 Å². The zero-order valence-electron chi connectivity index (χ0n) is 21.2. The number of para-hydroxylation sites is 1. The molecule has 0 unspecified atom stereocenters. The molecular weight excluding hydrogens is 681 g/mol. The fraction of sp³-hybridized carbons (Fsp3) is 0.0333. The molecule has 0 aliphatic rings. The minimum atomic E-state index is -0.629. The van der Waals surface area contributed by atoms with Gasteiger partial charge in [0.15, 0.2) is 5.75 Å². The van der Waals surface area contributed by atoms with Gasteiger partial charge >= 0.3 is 5.97 Å². The van der Waals surface area contributed by atoms with Gasteiger partial charge in [-0.3, -0.25) is 4.79 Å². The van der Waals surface area contributed by atoms with Gasteiger partial charge in [0.05, 0.1) is 28.9 Å². The summed E-state index contributed by atoms with van der Waals surface area (Å²) < 4.78 is 26.6. The van der Waals surface area contributed by atoms with Crippen LogP contribution in [0.1, 0.15) is 26.4 Å². The van der Waals surface area contributed by atoms with Gasteiger partial charge in [-0.1, -0.05) is 63.9 Å². The fourth-order valence-electron chi connectivity index (χ4n) is 4.20. The first-order valence-corrected chi connectivity index (χ1v) is 14.0. The number of carbonyl (C=O) groups excluding carboxylic acids is 2. The van der Waals surface area contributed by atoms with Crippen molar-refractivity contribution in [3.8, 4) is 22.6 Å². The van der Waals surface area contributed by atoms with Crippen LogP contribution in [0.25, 0.3) is 22.0 Å². The van der Waals surface area contributed by atoms with Crippen molar-refractivity contribution in [1.29, 1.82) is 0 Å². The Labute approximate surface area is 255 Å². The van der Waals surface area contributed by atoms with Crippen molar-refractivity contribution in [2.24, 2.45) is 5.10 Å². The molecule has 206 valence electrons. The molecule has 5 rings (SSSR count). The molecule has 1 heterocycles. The van der Waals surface area contributed by atoms with Gasteiger partial charge < -0.3 is 14.5 Å². The second-order valence-corrected chi connectivity index (χ2v) is 10.8. The Morgan fingerprint density at radius 2 is 1.80 bits per heavy atom. The highest BCUT2D eigenvalue weighted by molar-refractivity contribution is 9.11. The monoisotopic (exact) mass is 697 g/mol. The Morgan fingerprint density at radius 1 is 1.02 bits per heavy atom. The summed E-state index contributed by atoms with van der Waals surface area (Å²) >= 11 is 13.3. The first-order chi connectivity index (χ1) is 19.8. The van der Waals surface area contributed by atoms with E-state index in [2.05, 4.69) is 47.4 Å². The molecule has 0 saturated carbocycles. The number of halogens is 4. The lowest BCUT2D eigenvalue weighted by Gasteiger charge is -2.11. The van der Waals surface area contributed by atoms with Crippen LogP contribution in [0.4, 0.5) is 4.39 Å². The Balaban J connectivity index is 1.45. The summed E-state index contributed by atoms with van der Waals surface area (Å²) in [6.45, 7) is 0. The number of esters is 1. The van der Waals surface area contributed by atoms with E-state index >= 15 is 0 Å². The van der Waals surface area contributed by atoms with Crippen LogP contribution in [0.3, 0.4) is 0 Å². The third-order valence-corrected chi connectivity index (χ3v) is 7.44. The minimum Gasteiger partial charge on any atom is -0.497 e. The van der Waals surface area contributed by atoms with Crippen molar-refractivity contribution in [3.05, 3.63) is 115 Å². The van der Waals surface area contributed by atoms with E-state index in [0.29, 0.717) is 41.8 Å². The van der Waals surface area contributed by atoms with E-state index in [1.54, 1.807) is 72.8 Å². The van der Waals surface area contributed by atoms with Crippen LogP contribution in [0.2, 0.25) is 5.02 Å². The number of nitrogens with zero attached hydrogens (tertiary/aromatic N) is 1. The number of nitrogens with one attached hydrogen (secondary N) is 2. The van der Waals surface area contributed by atoms with E-state index in [1.165, 1.54) is 19.4 Å². The molecule has 2 N–H and O–H groups in total. The van der Waals surface area contributed by atoms with Crippen molar-refractivity contribution in [2.45, 2.75) is 0 Å². The summed E-state index contributed by atoms with van der Waals surface area (Å²) in [6.07, 6.45) is 1.33. The number of methoxy groups -OCH3 is 1. The number of rotatable bonds is 7. The molecule has 0 bridgehead atoms. The molecule has 0 aliphatic heterocycles. The van der Waals surface area contributed by atoms with Crippen LogP contribution in [-0.2, 0) is 0 Å². The number of carbonyl (C=O) groups is 2. The Morgan fingerprint density at radius 3 is 2.59 bits per heavy atom. The van der Waals surface area contributed by atoms with Gasteiger partial charge in [0, 0.05) is 31.6 Å². The van der Waals surface area contributed by atoms with Gasteiger partial charge in [-0.2, -0.15) is 5.10 Å². The summed E-state index contributed by atoms with van der Waals surface area (Å²) in [4.78, 5) is 29.1. The molecule has 41 heavy (non-hydrogen) atoms. The Bertz CT molecular complexity index is 1840. The van der Waals surface area contributed by atoms with E-state index in [1.807, 2.05) is 0 Å². The van der Waals surface area contributed by atoms with E-state index in [4.69, 9.17) is 21.1 Å². The number of ether oxygens (including phenoxy) is 2. The smallest absolute Gasteiger partial charge is 0.343 e. The lowest BCUT2D eigenvalue weighted by Crippen LogP contribution is -2.19. The van der Waals surface area contributed by atoms with Gasteiger partial charge in [0.25, 0.3) is 5.91 Å². The molecule has 0 radical (unpaired) electrons. The van der Waals surface area contributed by atoms with Crippen LogP contribution in [0.15, 0.2) is 92.9 Å². The topological polar surface area (TPSA) is 92.8 Å². The van der Waals surface area contributed by atoms with E-state index in [0.717, 1.165) is 0 Å². The zero-order chi connectivity index (χ0) is 29.1. The molecule has 1 amide bonds. The van der Waals surface area contributed by atoms with Gasteiger partial charge in [-0.05, 0) is 58.4 Å². The van der Waals surface area contributed by atoms with Gasteiger partial charge in [-0.15, -0.1) is 0 Å². The fourth-order valence-corrected chi connectivity index (χ4v) is 5.77. The summed E-state index contributed by atoms with van der Waals surface area (Å²) in [5, 5.41) is 4.99. The molecule has 0 fully saturated rings. The molecule has 5 aromatic rings. The number of hydrazone groups is 1. The molecule has 0 spiro atoms. The molecular formula is C30H19Br2ClFN3O4. The highest BCUT2D eigenvalue weighted by atomic mass is 79.9. The summed E-state index contributed by atoms with van der Waals surface area (Å²) in [5.74, 6) is -1.07. The van der Waals surface area contributed by atoms with Crippen molar-refractivity contribution in [3.63, 3.8) is 0 Å². The normalized spacial score (nSPS) is 11.1. The van der Waals surface area contributed by atoms with Crippen LogP contribution in [0, 0.1) is 5.82 Å². The highest BCUT2D eigenvalue weighted by Gasteiger charge is 2.22. The number of H-pyrrole nitrogens is 1. The molecule has 1 aromatic heterocycles. The molecule has 11 heteroatoms. The van der Waals surface area contributed by atoms with E-state index in [9.17, 15) is 14.0 Å². The summed E-state index contributed by atoms with van der Waals surface area (Å²) in [7, 11) is 1.50. The predicted octanol–water partition coefficient (Wildman–Crippen LogP) is 8.14. The molecule has 0 saturated heterocycles. The molecule has 0 atom stereocenters. The van der Waals surface area contributed by atoms with Gasteiger partial charge in [-0.25, -0.2) is 14.6 Å². The third-order valence-electron chi connectivity index (χ3n) is 6.06. The lowest BCUT2D eigenvalue weighted by molar-refractivity contribution is 0.0732. The largest absolute Gasteiger partial charge is 0.497 e. The number of aromatic nitrogens is 1. The standard InChI is InChI=1S/C30H19Br2ClFN3O4/c1-40-19-7-4-6-16(13-19)30(39)41-28-17(12-18(31)14-22(28)32)15-35-37-29(38)27-25(20-8-2-3-10-23(20)33)21-9-5-11-24(34)26(21)36-27/h2-15,36H,1H3,(H,37,38). The first kappa shape index (κ1) is 28.5. The summed E-state index contributed by atoms with van der Waals surface area (Å²) in [5.41, 5.74) is 4.39. The van der Waals surface area contributed by atoms with E-state index in [-0.39, 0.29) is 22.5 Å². The van der Waals surface area contributed by atoms with Crippen LogP contribution in [0.5, 0.6) is 11.5 Å². The first-order valence-electron chi connectivity index (χ1n) is 12.0. The lowest BCUT2D eigenvalue weighted by atomic mass is 10.0. The number of aromatic amines is 1. The number of hydrogen-bond donors (Lipinski definition) is 2. The number of fused-ring (bicyclic) bond motifs is 1. The highest BCUT2D eigenvalue weighted by Crippen LogP contribution is 2.37. The molecule has 0 aliphatic carbocycles. The number of benzene rings is 4. The number of hydrogen-bond acceptors (Lipinski definition) is 5. The Kier molecular flexibility index (Phi) is 8.53. The average Bonchev–Trinajstić information content (AvgIpc) is 3.36. The zero-order valence-corrected chi connectivity index (χ0v) is 25.1. The maximum Gasteiger partial charge on any atom is 0.343 e. The number of amides is 1. The quantitative estimate of drug-likeness (QED) is 0.0777. The van der Waals surface area contributed by atoms with Crippen molar-refractivity contribution < 1.29 is 23.5 Å². The van der Waals surface area contributed by atoms with Crippen LogP contribution >= 0.6 is 43.5 Å². The molecule has 4 aromatic carbocycles. The van der Waals surface area contributed by atoms with E-state index < -0.39 is 17.7 Å².